The summed E-state index contributed by atoms with van der Waals surface area (Å²) in [5, 5.41) is 21.5. The van der Waals surface area contributed by atoms with Gasteiger partial charge in [-0.15, -0.1) is 0 Å². The zero-order chi connectivity index (χ0) is 25.1. The van der Waals surface area contributed by atoms with Gasteiger partial charge in [-0.2, -0.15) is 15.5 Å². The van der Waals surface area contributed by atoms with E-state index in [1.54, 1.807) is 48.2 Å². The van der Waals surface area contributed by atoms with Gasteiger partial charge < -0.3 is 20.7 Å². The molecule has 9 nitrogen and oxygen atoms in total. The van der Waals surface area contributed by atoms with Gasteiger partial charge in [0.15, 0.2) is 0 Å². The summed E-state index contributed by atoms with van der Waals surface area (Å²) in [5.74, 6) is 1.14. The number of aryl methyl sites for hydroxylation is 2. The number of ether oxygens (including phenoxy) is 1. The predicted octanol–water partition coefficient (Wildman–Crippen LogP) is 3.60. The monoisotopic (exact) mass is 467 g/mol. The highest BCUT2D eigenvalue weighted by atomic mass is 16.5. The zero-order valence-corrected chi connectivity index (χ0v) is 19.8. The molecule has 4 rings (SSSR count). The average molecular weight is 468 g/mol. The lowest BCUT2D eigenvalue weighted by molar-refractivity contribution is -0.133. The molecule has 0 bridgehead atoms. The molecule has 0 saturated carbocycles. The molecule has 0 radical (unpaired) electrons. The van der Waals surface area contributed by atoms with Crippen LogP contribution in [0.2, 0.25) is 0 Å². The van der Waals surface area contributed by atoms with E-state index in [1.165, 1.54) is 0 Å². The van der Waals surface area contributed by atoms with Crippen molar-refractivity contribution in [3.05, 3.63) is 69.9 Å². The number of nitriles is 2. The summed E-state index contributed by atoms with van der Waals surface area (Å²) in [5.41, 5.74) is 10.8. The van der Waals surface area contributed by atoms with E-state index in [1.807, 2.05) is 13.8 Å². The molecule has 9 heteroatoms. The molecule has 3 aromatic rings. The van der Waals surface area contributed by atoms with Crippen molar-refractivity contribution < 1.29 is 9.53 Å². The van der Waals surface area contributed by atoms with Crippen molar-refractivity contribution in [2.24, 2.45) is 5.73 Å². The number of rotatable bonds is 5. The number of anilines is 2. The molecule has 0 fully saturated rings. The maximum absolute atomic E-state index is 12.6. The van der Waals surface area contributed by atoms with E-state index in [-0.39, 0.29) is 12.5 Å². The molecular formula is C26H25N7O2. The van der Waals surface area contributed by atoms with E-state index >= 15 is 0 Å². The van der Waals surface area contributed by atoms with Gasteiger partial charge in [0.1, 0.15) is 5.75 Å². The van der Waals surface area contributed by atoms with Crippen molar-refractivity contribution in [1.82, 2.24) is 14.9 Å². The summed E-state index contributed by atoms with van der Waals surface area (Å²) < 4.78 is 6.33. The molecule has 35 heavy (non-hydrogen) atoms. The van der Waals surface area contributed by atoms with Gasteiger partial charge in [0, 0.05) is 18.7 Å². The van der Waals surface area contributed by atoms with Gasteiger partial charge in [0.25, 0.3) is 0 Å². The van der Waals surface area contributed by atoms with Crippen molar-refractivity contribution in [1.29, 1.82) is 10.5 Å². The first kappa shape index (κ1) is 23.7. The summed E-state index contributed by atoms with van der Waals surface area (Å²) in [6.07, 6.45) is 0.528. The van der Waals surface area contributed by atoms with E-state index in [9.17, 15) is 10.1 Å². The molecule has 0 saturated heterocycles. The number of nitrogens with two attached hydrogens (primary N) is 1. The normalized spacial score (nSPS) is 13.3. The van der Waals surface area contributed by atoms with Crippen LogP contribution in [0.25, 0.3) is 0 Å². The summed E-state index contributed by atoms with van der Waals surface area (Å²) in [4.78, 5) is 23.6. The maximum atomic E-state index is 12.6. The Balaban J connectivity index is 1.75. The number of hydrogen-bond acceptors (Lipinski definition) is 8. The molecule has 0 aliphatic carbocycles. The summed E-state index contributed by atoms with van der Waals surface area (Å²) in [6, 6.07) is 14.1. The van der Waals surface area contributed by atoms with Crippen molar-refractivity contribution in [3.63, 3.8) is 0 Å². The molecule has 3 N–H and O–H groups in total. The number of carbonyl (C=O) groups is 1. The number of aromatic nitrogens is 2. The van der Waals surface area contributed by atoms with Crippen LogP contribution in [0.4, 0.5) is 11.6 Å². The second-order valence-corrected chi connectivity index (χ2v) is 8.54. The Labute approximate surface area is 203 Å². The van der Waals surface area contributed by atoms with Crippen LogP contribution in [0, 0.1) is 36.5 Å². The van der Waals surface area contributed by atoms with Crippen LogP contribution in [0.3, 0.4) is 0 Å². The molecule has 1 aliphatic heterocycles. The van der Waals surface area contributed by atoms with Crippen molar-refractivity contribution >= 4 is 17.5 Å². The third-order valence-corrected chi connectivity index (χ3v) is 5.78. The number of fused-ring (bicyclic) bond motifs is 1. The van der Waals surface area contributed by atoms with Crippen molar-refractivity contribution in [3.8, 4) is 23.8 Å². The van der Waals surface area contributed by atoms with E-state index in [0.29, 0.717) is 41.7 Å². The van der Waals surface area contributed by atoms with Crippen LogP contribution in [0.5, 0.6) is 11.6 Å². The number of nitrogens with one attached hydrogen (secondary N) is 1. The highest BCUT2D eigenvalue weighted by Crippen LogP contribution is 2.35. The first-order chi connectivity index (χ1) is 16.8. The lowest BCUT2D eigenvalue weighted by atomic mass is 10.0. The Hall–Kier alpha value is -4.47. The van der Waals surface area contributed by atoms with Gasteiger partial charge in [-0.1, -0.05) is 0 Å². The van der Waals surface area contributed by atoms with Crippen molar-refractivity contribution in [2.75, 3.05) is 11.9 Å². The molecule has 1 unspecified atom stereocenters. The van der Waals surface area contributed by atoms with Gasteiger partial charge in [0.05, 0.1) is 47.1 Å². The smallest absolute Gasteiger partial charge is 0.239 e. The average Bonchev–Trinajstić information content (AvgIpc) is 2.85. The Morgan fingerprint density at radius 2 is 1.77 bits per heavy atom. The third kappa shape index (κ3) is 5.06. The second-order valence-electron chi connectivity index (χ2n) is 8.54. The van der Waals surface area contributed by atoms with Crippen LogP contribution in [0.1, 0.15) is 40.4 Å². The highest BCUT2D eigenvalue weighted by Gasteiger charge is 2.28. The SMILES string of the molecule is Cc1cc(C#N)cc(C)c1Oc1nc(Nc2ccc(C#N)cc2)nc2c1CN(C(=O)C(C)N)CC2. The Morgan fingerprint density at radius 1 is 1.11 bits per heavy atom. The lowest BCUT2D eigenvalue weighted by Crippen LogP contribution is -2.44. The lowest BCUT2D eigenvalue weighted by Gasteiger charge is -2.30. The molecule has 2 aromatic carbocycles. The quantitative estimate of drug-likeness (QED) is 0.580. The van der Waals surface area contributed by atoms with Crippen LogP contribution in [-0.2, 0) is 17.8 Å². The minimum absolute atomic E-state index is 0.146. The fourth-order valence-corrected chi connectivity index (χ4v) is 4.03. The molecule has 0 spiro atoms. The Kier molecular flexibility index (Phi) is 6.63. The number of nitrogens with zero attached hydrogens (tertiary/aromatic N) is 5. The fourth-order valence-electron chi connectivity index (χ4n) is 4.03. The van der Waals surface area contributed by atoms with E-state index < -0.39 is 6.04 Å². The minimum Gasteiger partial charge on any atom is -0.438 e. The number of amides is 1. The van der Waals surface area contributed by atoms with E-state index in [2.05, 4.69) is 27.4 Å². The second kappa shape index (κ2) is 9.80. The fraction of sp³-hybridized carbons (Fsp3) is 0.269. The van der Waals surface area contributed by atoms with E-state index in [4.69, 9.17) is 15.7 Å². The third-order valence-electron chi connectivity index (χ3n) is 5.78. The highest BCUT2D eigenvalue weighted by molar-refractivity contribution is 5.81. The first-order valence-corrected chi connectivity index (χ1v) is 11.2. The maximum Gasteiger partial charge on any atom is 0.239 e. The number of hydrogen-bond donors (Lipinski definition) is 2. The predicted molar refractivity (Wildman–Crippen MR) is 130 cm³/mol. The molecule has 176 valence electrons. The Morgan fingerprint density at radius 3 is 2.37 bits per heavy atom. The molecule has 1 aliphatic rings. The van der Waals surface area contributed by atoms with Gasteiger partial charge in [-0.3, -0.25) is 4.79 Å². The van der Waals surface area contributed by atoms with Gasteiger partial charge in [0.2, 0.25) is 17.7 Å². The Bertz CT molecular complexity index is 1350. The van der Waals surface area contributed by atoms with Crippen LogP contribution >= 0.6 is 0 Å². The van der Waals surface area contributed by atoms with Crippen LogP contribution in [0.15, 0.2) is 36.4 Å². The molecule has 1 amide bonds. The van der Waals surface area contributed by atoms with Crippen LogP contribution in [-0.4, -0.2) is 33.4 Å². The molecule has 1 atom stereocenters. The van der Waals surface area contributed by atoms with Gasteiger partial charge in [-0.05, 0) is 68.3 Å². The van der Waals surface area contributed by atoms with Gasteiger partial charge in [-0.25, -0.2) is 4.98 Å². The van der Waals surface area contributed by atoms with Gasteiger partial charge >= 0.3 is 0 Å². The number of carbonyl (C=O) groups excluding carboxylic acids is 1. The minimum atomic E-state index is -0.609. The standard InChI is InChI=1S/C26H25N7O2/c1-15-10-19(13-28)11-16(2)23(15)35-24-21-14-33(25(34)17(3)29)9-8-22(21)31-26(32-24)30-20-6-4-18(12-27)5-7-20/h4-7,10-11,17H,8-9,14,29H2,1-3H3,(H,30,31,32). The zero-order valence-electron chi connectivity index (χ0n) is 19.8. The van der Waals surface area contributed by atoms with E-state index in [0.717, 1.165) is 28.1 Å². The molecular weight excluding hydrogens is 442 g/mol. The summed E-state index contributed by atoms with van der Waals surface area (Å²) in [6.45, 7) is 6.20. The van der Waals surface area contributed by atoms with Crippen LogP contribution < -0.4 is 15.8 Å². The number of benzene rings is 2. The molecule has 1 aromatic heterocycles. The van der Waals surface area contributed by atoms with Crippen molar-refractivity contribution in [2.45, 2.75) is 39.8 Å². The topological polar surface area (TPSA) is 141 Å². The first-order valence-electron chi connectivity index (χ1n) is 11.2. The summed E-state index contributed by atoms with van der Waals surface area (Å²) in [7, 11) is 0. The largest absolute Gasteiger partial charge is 0.438 e. The molecule has 2 heterocycles. The summed E-state index contributed by atoms with van der Waals surface area (Å²) >= 11 is 0.